The van der Waals surface area contributed by atoms with Gasteiger partial charge in [-0.05, 0) is 49.9 Å². The van der Waals surface area contributed by atoms with E-state index in [1.165, 1.54) is 6.92 Å². The van der Waals surface area contributed by atoms with Gasteiger partial charge >= 0.3 is 0 Å². The number of amides is 2. The third-order valence-electron chi connectivity index (χ3n) is 6.10. The number of H-pyrrole nitrogens is 1. The minimum Gasteiger partial charge on any atom is -0.497 e. The number of hydrogen-bond donors (Lipinski definition) is 1. The normalized spacial score (nSPS) is 18.1. The maximum absolute atomic E-state index is 13.0. The van der Waals surface area contributed by atoms with Crippen LogP contribution in [-0.2, 0) is 22.6 Å². The van der Waals surface area contributed by atoms with Crippen LogP contribution in [0.15, 0.2) is 29.1 Å². The number of ether oxygens (including phenoxy) is 2. The first-order chi connectivity index (χ1) is 15.5. The predicted molar refractivity (Wildman–Crippen MR) is 116 cm³/mol. The molecule has 1 atom stereocenters. The summed E-state index contributed by atoms with van der Waals surface area (Å²) in [7, 11) is 1.59. The molecular weight excluding hydrogens is 412 g/mol. The predicted octanol–water partition coefficient (Wildman–Crippen LogP) is 1.82. The molecule has 32 heavy (non-hydrogen) atoms. The number of nitrogens with zero attached hydrogens (tertiary/aromatic N) is 3. The molecule has 2 aliphatic heterocycles. The van der Waals surface area contributed by atoms with Crippen molar-refractivity contribution in [1.82, 2.24) is 19.8 Å². The summed E-state index contributed by atoms with van der Waals surface area (Å²) < 4.78 is 10.8. The summed E-state index contributed by atoms with van der Waals surface area (Å²) in [5, 5.41) is 0. The van der Waals surface area contributed by atoms with Gasteiger partial charge in [-0.2, -0.15) is 0 Å². The van der Waals surface area contributed by atoms with Crippen LogP contribution in [0.1, 0.15) is 49.3 Å². The smallest absolute Gasteiger partial charge is 0.261 e. The van der Waals surface area contributed by atoms with E-state index in [4.69, 9.17) is 14.5 Å². The number of piperidine rings is 1. The van der Waals surface area contributed by atoms with Crippen molar-refractivity contribution < 1.29 is 19.1 Å². The highest BCUT2D eigenvalue weighted by molar-refractivity contribution is 5.78. The number of aromatic nitrogens is 2. The Morgan fingerprint density at radius 3 is 2.62 bits per heavy atom. The third-order valence-corrected chi connectivity index (χ3v) is 6.10. The Morgan fingerprint density at radius 2 is 1.91 bits per heavy atom. The Labute approximate surface area is 186 Å². The topological polar surface area (TPSA) is 105 Å². The average molecular weight is 441 g/mol. The summed E-state index contributed by atoms with van der Waals surface area (Å²) in [4.78, 5) is 48.5. The summed E-state index contributed by atoms with van der Waals surface area (Å²) in [5.74, 6) is 1.58. The number of nitrogens with one attached hydrogen (secondary N) is 1. The van der Waals surface area contributed by atoms with E-state index in [2.05, 4.69) is 4.98 Å². The van der Waals surface area contributed by atoms with Crippen molar-refractivity contribution in [2.75, 3.05) is 26.8 Å². The molecule has 9 heteroatoms. The quantitative estimate of drug-likeness (QED) is 0.760. The molecule has 9 nitrogen and oxygen atoms in total. The summed E-state index contributed by atoms with van der Waals surface area (Å²) in [6.07, 6.45) is 3.03. The fourth-order valence-electron chi connectivity index (χ4n) is 4.30. The van der Waals surface area contributed by atoms with Gasteiger partial charge in [0.05, 0.1) is 25.4 Å². The van der Waals surface area contributed by atoms with Crippen LogP contribution in [0.4, 0.5) is 0 Å². The van der Waals surface area contributed by atoms with Crippen LogP contribution >= 0.6 is 0 Å². The number of carbonyl (C=O) groups excluding carboxylic acids is 2. The van der Waals surface area contributed by atoms with Crippen molar-refractivity contribution in [2.24, 2.45) is 0 Å². The number of rotatable bonds is 5. The van der Waals surface area contributed by atoms with Crippen LogP contribution in [-0.4, -0.2) is 58.4 Å². The number of fused-ring (bicyclic) bond motifs is 1. The summed E-state index contributed by atoms with van der Waals surface area (Å²) in [5.41, 5.74) is 1.07. The highest BCUT2D eigenvalue weighted by Gasteiger charge is 2.32. The van der Waals surface area contributed by atoms with Gasteiger partial charge < -0.3 is 24.3 Å². The molecular formula is C23H28N4O5. The monoisotopic (exact) mass is 440 g/mol. The molecule has 1 fully saturated rings. The van der Waals surface area contributed by atoms with Crippen LogP contribution in [0.2, 0.25) is 0 Å². The molecule has 2 aliphatic rings. The van der Waals surface area contributed by atoms with Gasteiger partial charge in [-0.15, -0.1) is 0 Å². The second-order valence-electron chi connectivity index (χ2n) is 8.13. The molecule has 170 valence electrons. The maximum atomic E-state index is 13.0. The molecule has 0 bridgehead atoms. The molecule has 1 saturated heterocycles. The molecule has 0 spiro atoms. The number of methoxy groups -OCH3 is 1. The summed E-state index contributed by atoms with van der Waals surface area (Å²) in [6, 6.07) is 6.73. The fourth-order valence-corrected chi connectivity index (χ4v) is 4.30. The minimum atomic E-state index is -0.318. The summed E-state index contributed by atoms with van der Waals surface area (Å²) in [6.45, 7) is 2.83. The van der Waals surface area contributed by atoms with E-state index < -0.39 is 0 Å². The van der Waals surface area contributed by atoms with Crippen molar-refractivity contribution in [3.05, 3.63) is 51.7 Å². The van der Waals surface area contributed by atoms with Crippen LogP contribution in [0, 0.1) is 0 Å². The van der Waals surface area contributed by atoms with Gasteiger partial charge in [0, 0.05) is 25.6 Å². The van der Waals surface area contributed by atoms with Crippen molar-refractivity contribution in [3.63, 3.8) is 0 Å². The molecule has 0 radical (unpaired) electrons. The first-order valence-electron chi connectivity index (χ1n) is 10.9. The van der Waals surface area contributed by atoms with Crippen LogP contribution < -0.4 is 15.0 Å². The number of likely N-dealkylation sites (tertiary alicyclic amines) is 1. The van der Waals surface area contributed by atoms with Crippen LogP contribution in [0.3, 0.4) is 0 Å². The van der Waals surface area contributed by atoms with Crippen molar-refractivity contribution >= 4 is 11.8 Å². The van der Waals surface area contributed by atoms with Gasteiger partial charge in [-0.3, -0.25) is 14.4 Å². The zero-order valence-electron chi connectivity index (χ0n) is 18.4. The molecule has 1 unspecified atom stereocenters. The molecule has 2 amide bonds. The zero-order valence-corrected chi connectivity index (χ0v) is 18.4. The molecule has 1 aromatic carbocycles. The lowest BCUT2D eigenvalue weighted by molar-refractivity contribution is -0.137. The fraction of sp³-hybridized carbons (Fsp3) is 0.478. The van der Waals surface area contributed by atoms with Crippen molar-refractivity contribution in [2.45, 2.75) is 45.2 Å². The van der Waals surface area contributed by atoms with E-state index in [1.54, 1.807) is 41.2 Å². The minimum absolute atomic E-state index is 0.0376. The number of benzene rings is 1. The van der Waals surface area contributed by atoms with E-state index in [-0.39, 0.29) is 30.0 Å². The number of carbonyl (C=O) groups is 2. The number of aromatic amines is 1. The SMILES string of the molecule is COc1ccc(OCC(=O)N2CCCCC2c2nc3c(c(=O)[nH]2)CCN(C(C)=O)C3)cc1. The van der Waals surface area contributed by atoms with Gasteiger partial charge in [0.2, 0.25) is 5.91 Å². The van der Waals surface area contributed by atoms with Crippen molar-refractivity contribution in [1.29, 1.82) is 0 Å². The molecule has 1 N–H and O–H groups in total. The van der Waals surface area contributed by atoms with Crippen LogP contribution in [0.5, 0.6) is 11.5 Å². The number of hydrogen-bond acceptors (Lipinski definition) is 6. The Bertz CT molecular complexity index is 1050. The van der Waals surface area contributed by atoms with Gasteiger partial charge in [-0.1, -0.05) is 0 Å². The lowest BCUT2D eigenvalue weighted by atomic mass is 10.00. The second kappa shape index (κ2) is 9.42. The Morgan fingerprint density at radius 1 is 1.16 bits per heavy atom. The van der Waals surface area contributed by atoms with E-state index in [9.17, 15) is 14.4 Å². The van der Waals surface area contributed by atoms with E-state index in [1.807, 2.05) is 0 Å². The Balaban J connectivity index is 1.51. The Kier molecular flexibility index (Phi) is 6.43. The van der Waals surface area contributed by atoms with E-state index in [0.29, 0.717) is 61.1 Å². The molecule has 4 rings (SSSR count). The first kappa shape index (κ1) is 21.9. The first-order valence-corrected chi connectivity index (χ1v) is 10.9. The lowest BCUT2D eigenvalue weighted by Crippen LogP contribution is -2.43. The average Bonchev–Trinajstić information content (AvgIpc) is 2.82. The standard InChI is InChI=1S/C23H28N4O5/c1-15(28)26-12-10-18-19(13-26)24-22(25-23(18)30)20-5-3-4-11-27(20)21(29)14-32-17-8-6-16(31-2)7-9-17/h6-9,20H,3-5,10-14H2,1-2H3,(H,24,25,30). The van der Waals surface area contributed by atoms with E-state index in [0.717, 1.165) is 12.8 Å². The second-order valence-corrected chi connectivity index (χ2v) is 8.13. The molecule has 0 saturated carbocycles. The van der Waals surface area contributed by atoms with Gasteiger partial charge in [0.15, 0.2) is 6.61 Å². The maximum Gasteiger partial charge on any atom is 0.261 e. The molecule has 0 aliphatic carbocycles. The summed E-state index contributed by atoms with van der Waals surface area (Å²) >= 11 is 0. The third kappa shape index (κ3) is 4.61. The van der Waals surface area contributed by atoms with E-state index >= 15 is 0 Å². The molecule has 2 aromatic rings. The van der Waals surface area contributed by atoms with Crippen molar-refractivity contribution in [3.8, 4) is 11.5 Å². The molecule has 1 aromatic heterocycles. The van der Waals surface area contributed by atoms with Gasteiger partial charge in [0.1, 0.15) is 17.3 Å². The van der Waals surface area contributed by atoms with Gasteiger partial charge in [-0.25, -0.2) is 4.98 Å². The van der Waals surface area contributed by atoms with Gasteiger partial charge in [0.25, 0.3) is 11.5 Å². The largest absolute Gasteiger partial charge is 0.497 e. The van der Waals surface area contributed by atoms with Crippen LogP contribution in [0.25, 0.3) is 0 Å². The Hall–Kier alpha value is -3.36. The molecule has 3 heterocycles. The highest BCUT2D eigenvalue weighted by atomic mass is 16.5. The zero-order chi connectivity index (χ0) is 22.7. The highest BCUT2D eigenvalue weighted by Crippen LogP contribution is 2.29. The lowest BCUT2D eigenvalue weighted by Gasteiger charge is -2.35.